The van der Waals surface area contributed by atoms with Gasteiger partial charge in [0.1, 0.15) is 0 Å². The summed E-state index contributed by atoms with van der Waals surface area (Å²) in [5, 5.41) is 4.07. The summed E-state index contributed by atoms with van der Waals surface area (Å²) in [5.41, 5.74) is 14.0. The van der Waals surface area contributed by atoms with Crippen LogP contribution in [0.5, 0.6) is 0 Å². The standard InChI is InChI=1S/C30H19N/c1-3-8-22-18(6-1)12-20-14-27-26(16-24(20)22)28-17-25-21(13-19-7-2-4-9-23(19)25)15-30(28)31-11-5-10-29(27)31/h1-11,14-17H,12-13H2. The first kappa shape index (κ1) is 15.9. The maximum Gasteiger partial charge on any atom is 0.0537 e. The van der Waals surface area contributed by atoms with Gasteiger partial charge >= 0.3 is 0 Å². The Bertz CT molecular complexity index is 1600. The summed E-state index contributed by atoms with van der Waals surface area (Å²) in [4.78, 5) is 0. The minimum atomic E-state index is 1.03. The molecular weight excluding hydrogens is 374 g/mol. The van der Waals surface area contributed by atoms with E-state index in [-0.39, 0.29) is 0 Å². The van der Waals surface area contributed by atoms with Gasteiger partial charge in [0.05, 0.1) is 11.0 Å². The molecule has 1 nitrogen and oxygen atoms in total. The van der Waals surface area contributed by atoms with E-state index in [2.05, 4.69) is 95.5 Å². The minimum Gasteiger partial charge on any atom is -0.316 e. The van der Waals surface area contributed by atoms with Crippen LogP contribution in [0.2, 0.25) is 0 Å². The van der Waals surface area contributed by atoms with Gasteiger partial charge in [-0.25, -0.2) is 0 Å². The summed E-state index contributed by atoms with van der Waals surface area (Å²) in [7, 11) is 0. The Balaban J connectivity index is 1.54. The third-order valence-corrected chi connectivity index (χ3v) is 7.42. The fourth-order valence-corrected chi connectivity index (χ4v) is 6.02. The number of fused-ring (bicyclic) bond motifs is 12. The van der Waals surface area contributed by atoms with Crippen LogP contribution in [0.25, 0.3) is 49.4 Å². The van der Waals surface area contributed by atoms with Crippen LogP contribution in [0.4, 0.5) is 0 Å². The highest BCUT2D eigenvalue weighted by Gasteiger charge is 2.23. The lowest BCUT2D eigenvalue weighted by Crippen LogP contribution is -1.93. The lowest BCUT2D eigenvalue weighted by Gasteiger charge is -2.14. The predicted octanol–water partition coefficient (Wildman–Crippen LogP) is 7.39. The molecule has 0 aliphatic heterocycles. The van der Waals surface area contributed by atoms with Crippen molar-refractivity contribution in [3.05, 3.63) is 113 Å². The molecule has 4 aromatic carbocycles. The van der Waals surface area contributed by atoms with Crippen LogP contribution in [-0.4, -0.2) is 4.40 Å². The fourth-order valence-electron chi connectivity index (χ4n) is 6.02. The van der Waals surface area contributed by atoms with E-state index < -0.39 is 0 Å². The van der Waals surface area contributed by atoms with Gasteiger partial charge in [0.25, 0.3) is 0 Å². The molecule has 0 atom stereocenters. The number of aromatic nitrogens is 1. The van der Waals surface area contributed by atoms with Gasteiger partial charge in [-0.15, -0.1) is 0 Å². The zero-order chi connectivity index (χ0) is 20.1. The number of nitrogens with zero attached hydrogens (tertiary/aromatic N) is 1. The normalized spacial score (nSPS) is 13.5. The van der Waals surface area contributed by atoms with Crippen molar-refractivity contribution in [3.8, 4) is 22.3 Å². The summed E-state index contributed by atoms with van der Waals surface area (Å²) in [6.45, 7) is 0. The van der Waals surface area contributed by atoms with Crippen LogP contribution >= 0.6 is 0 Å². The van der Waals surface area contributed by atoms with Crippen LogP contribution in [0.1, 0.15) is 22.3 Å². The first-order chi connectivity index (χ1) is 15.3. The number of benzene rings is 4. The van der Waals surface area contributed by atoms with Crippen molar-refractivity contribution in [3.63, 3.8) is 0 Å². The highest BCUT2D eigenvalue weighted by Crippen LogP contribution is 2.44. The molecule has 0 bridgehead atoms. The smallest absolute Gasteiger partial charge is 0.0537 e. The molecule has 0 saturated carbocycles. The summed E-state index contributed by atoms with van der Waals surface area (Å²) in [6.07, 6.45) is 4.28. The zero-order valence-corrected chi connectivity index (χ0v) is 17.0. The van der Waals surface area contributed by atoms with E-state index in [4.69, 9.17) is 0 Å². The van der Waals surface area contributed by atoms with Crippen LogP contribution in [-0.2, 0) is 12.8 Å². The van der Waals surface area contributed by atoms with Crippen molar-refractivity contribution in [1.29, 1.82) is 0 Å². The molecule has 0 saturated heterocycles. The van der Waals surface area contributed by atoms with Gasteiger partial charge < -0.3 is 4.40 Å². The second-order valence-corrected chi connectivity index (χ2v) is 9.01. The lowest BCUT2D eigenvalue weighted by molar-refractivity contribution is 1.24. The molecule has 0 spiro atoms. The summed E-state index contributed by atoms with van der Waals surface area (Å²) in [5.74, 6) is 0. The molecule has 0 radical (unpaired) electrons. The molecule has 8 rings (SSSR count). The van der Waals surface area contributed by atoms with Crippen LogP contribution in [0, 0.1) is 0 Å². The molecule has 6 aromatic rings. The number of pyridine rings is 1. The molecule has 0 fully saturated rings. The van der Waals surface area contributed by atoms with Crippen LogP contribution in [0.3, 0.4) is 0 Å². The number of hydrogen-bond acceptors (Lipinski definition) is 0. The van der Waals surface area contributed by atoms with Crippen molar-refractivity contribution in [1.82, 2.24) is 4.40 Å². The van der Waals surface area contributed by atoms with Crippen LogP contribution < -0.4 is 0 Å². The van der Waals surface area contributed by atoms with Gasteiger partial charge in [-0.05, 0) is 99.1 Å². The monoisotopic (exact) mass is 393 g/mol. The Morgan fingerprint density at radius 2 is 1.06 bits per heavy atom. The Kier molecular flexibility index (Phi) is 2.80. The summed E-state index contributed by atoms with van der Waals surface area (Å²) >= 11 is 0. The SMILES string of the molecule is c1ccc2c(c1)Cc1cc3c(cc1-2)c1cc2c(cc1n1cccc31)Cc1ccccc1-2. The molecule has 0 N–H and O–H groups in total. The first-order valence-corrected chi connectivity index (χ1v) is 11.0. The number of hydrogen-bond donors (Lipinski definition) is 0. The maximum absolute atomic E-state index is 2.46. The Morgan fingerprint density at radius 3 is 1.81 bits per heavy atom. The topological polar surface area (TPSA) is 4.41 Å². The van der Waals surface area contributed by atoms with Crippen molar-refractivity contribution < 1.29 is 0 Å². The van der Waals surface area contributed by atoms with Crippen molar-refractivity contribution in [2.24, 2.45) is 0 Å². The van der Waals surface area contributed by atoms with Gasteiger partial charge in [-0.1, -0.05) is 48.5 Å². The molecule has 0 unspecified atom stereocenters. The van der Waals surface area contributed by atoms with Gasteiger partial charge in [0, 0.05) is 17.0 Å². The lowest BCUT2D eigenvalue weighted by atomic mass is 9.95. The Hall–Kier alpha value is -3.84. The van der Waals surface area contributed by atoms with Crippen molar-refractivity contribution >= 4 is 27.2 Å². The summed E-state index contributed by atoms with van der Waals surface area (Å²) in [6, 6.07) is 32.0. The average molecular weight is 393 g/mol. The molecule has 31 heavy (non-hydrogen) atoms. The molecule has 144 valence electrons. The van der Waals surface area contributed by atoms with E-state index in [0.717, 1.165) is 12.8 Å². The predicted molar refractivity (Wildman–Crippen MR) is 129 cm³/mol. The van der Waals surface area contributed by atoms with E-state index in [9.17, 15) is 0 Å². The zero-order valence-electron chi connectivity index (χ0n) is 17.0. The van der Waals surface area contributed by atoms with Gasteiger partial charge in [0.15, 0.2) is 0 Å². The second-order valence-electron chi connectivity index (χ2n) is 9.01. The second kappa shape index (κ2) is 5.44. The number of rotatable bonds is 0. The van der Waals surface area contributed by atoms with E-state index in [0.29, 0.717) is 0 Å². The van der Waals surface area contributed by atoms with E-state index in [1.54, 1.807) is 0 Å². The minimum absolute atomic E-state index is 1.03. The van der Waals surface area contributed by atoms with Gasteiger partial charge in [0.2, 0.25) is 0 Å². The highest BCUT2D eigenvalue weighted by atomic mass is 14.9. The molecule has 2 aromatic heterocycles. The third kappa shape index (κ3) is 1.96. The molecular formula is C30H19N. The molecule has 0 amide bonds. The molecule has 1 heteroatoms. The fraction of sp³-hybridized carbons (Fsp3) is 0.0667. The van der Waals surface area contributed by atoms with E-state index >= 15 is 0 Å². The van der Waals surface area contributed by atoms with Gasteiger partial charge in [-0.2, -0.15) is 0 Å². The highest BCUT2D eigenvalue weighted by molar-refractivity contribution is 6.15. The Morgan fingerprint density at radius 1 is 0.452 bits per heavy atom. The average Bonchev–Trinajstić information content (AvgIpc) is 3.51. The van der Waals surface area contributed by atoms with Gasteiger partial charge in [-0.3, -0.25) is 0 Å². The molecule has 2 aliphatic carbocycles. The molecule has 2 heterocycles. The Labute approximate surface area is 180 Å². The molecule has 2 aliphatic rings. The largest absolute Gasteiger partial charge is 0.316 e. The third-order valence-electron chi connectivity index (χ3n) is 7.42. The van der Waals surface area contributed by atoms with Crippen molar-refractivity contribution in [2.75, 3.05) is 0 Å². The van der Waals surface area contributed by atoms with Crippen LogP contribution in [0.15, 0.2) is 91.1 Å². The summed E-state index contributed by atoms with van der Waals surface area (Å²) < 4.78 is 2.38. The maximum atomic E-state index is 2.46. The van der Waals surface area contributed by atoms with Crippen molar-refractivity contribution in [2.45, 2.75) is 12.8 Å². The quantitative estimate of drug-likeness (QED) is 0.237. The first-order valence-electron chi connectivity index (χ1n) is 11.0. The van der Waals surface area contributed by atoms with E-state index in [1.807, 2.05) is 0 Å². The van der Waals surface area contributed by atoms with E-state index in [1.165, 1.54) is 71.7 Å².